The summed E-state index contributed by atoms with van der Waals surface area (Å²) >= 11 is 0. The Bertz CT molecular complexity index is 435. The Morgan fingerprint density at radius 2 is 1.58 bits per heavy atom. The Labute approximate surface area is 158 Å². The first kappa shape index (κ1) is 21.4. The van der Waals surface area contributed by atoms with Crippen molar-refractivity contribution in [2.75, 3.05) is 13.7 Å². The van der Waals surface area contributed by atoms with Crippen molar-refractivity contribution in [3.63, 3.8) is 0 Å². The Balaban J connectivity index is 1.52. The lowest BCUT2D eigenvalue weighted by Gasteiger charge is -2.29. The van der Waals surface area contributed by atoms with Gasteiger partial charge >= 0.3 is 0 Å². The molecule has 0 spiro atoms. The summed E-state index contributed by atoms with van der Waals surface area (Å²) in [5.41, 5.74) is 0. The van der Waals surface area contributed by atoms with E-state index in [1.54, 1.807) is 7.11 Å². The normalized spacial score (nSPS) is 29.5. The third-order valence-corrected chi connectivity index (χ3v) is 5.92. The van der Waals surface area contributed by atoms with Crippen molar-refractivity contribution in [3.8, 4) is 0 Å². The van der Waals surface area contributed by atoms with Crippen LogP contribution in [0, 0.1) is 11.8 Å². The van der Waals surface area contributed by atoms with Crippen LogP contribution in [0.4, 0.5) is 0 Å². The maximum atomic E-state index is 12.1. The van der Waals surface area contributed by atoms with Crippen LogP contribution in [-0.4, -0.2) is 43.7 Å². The summed E-state index contributed by atoms with van der Waals surface area (Å²) in [5.74, 6) is 0.822. The highest BCUT2D eigenvalue weighted by atomic mass is 16.5. The van der Waals surface area contributed by atoms with E-state index in [9.17, 15) is 9.59 Å². The SMILES string of the molecule is COC1CCC(OCCCC(=O)NC2CCC(C(=O)C(C)C)CC2)CC1. The first-order valence-electron chi connectivity index (χ1n) is 10.5. The molecule has 5 nitrogen and oxygen atoms in total. The second-order valence-electron chi connectivity index (χ2n) is 8.28. The lowest BCUT2D eigenvalue weighted by molar-refractivity contribution is -0.127. The van der Waals surface area contributed by atoms with Crippen LogP contribution in [0.25, 0.3) is 0 Å². The minimum atomic E-state index is 0.121. The van der Waals surface area contributed by atoms with Gasteiger partial charge in [-0.1, -0.05) is 13.8 Å². The Morgan fingerprint density at radius 1 is 0.962 bits per heavy atom. The molecule has 2 aliphatic carbocycles. The highest BCUT2D eigenvalue weighted by Gasteiger charge is 2.28. The van der Waals surface area contributed by atoms with Gasteiger partial charge < -0.3 is 14.8 Å². The number of amides is 1. The van der Waals surface area contributed by atoms with E-state index >= 15 is 0 Å². The van der Waals surface area contributed by atoms with Gasteiger partial charge in [-0.2, -0.15) is 0 Å². The van der Waals surface area contributed by atoms with Gasteiger partial charge in [-0.05, 0) is 57.8 Å². The molecule has 2 saturated carbocycles. The van der Waals surface area contributed by atoms with Gasteiger partial charge in [-0.15, -0.1) is 0 Å². The number of ketones is 1. The number of hydrogen-bond donors (Lipinski definition) is 1. The van der Waals surface area contributed by atoms with Gasteiger partial charge in [0.2, 0.25) is 5.91 Å². The van der Waals surface area contributed by atoms with Crippen molar-refractivity contribution >= 4 is 11.7 Å². The molecular weight excluding hydrogens is 330 g/mol. The fraction of sp³-hybridized carbons (Fsp3) is 0.905. The number of nitrogens with one attached hydrogen (secondary N) is 1. The molecule has 1 amide bonds. The third kappa shape index (κ3) is 6.99. The molecular formula is C21H37NO4. The van der Waals surface area contributed by atoms with Gasteiger partial charge in [-0.25, -0.2) is 0 Å². The van der Waals surface area contributed by atoms with Crippen molar-refractivity contribution in [3.05, 3.63) is 0 Å². The zero-order valence-electron chi connectivity index (χ0n) is 16.8. The number of carbonyl (C=O) groups excluding carboxylic acids is 2. The maximum absolute atomic E-state index is 12.1. The van der Waals surface area contributed by atoms with Crippen molar-refractivity contribution in [1.82, 2.24) is 5.32 Å². The second kappa shape index (κ2) is 11.0. The quantitative estimate of drug-likeness (QED) is 0.632. The molecule has 0 radical (unpaired) electrons. The van der Waals surface area contributed by atoms with E-state index in [0.29, 0.717) is 31.0 Å². The number of ether oxygens (including phenoxy) is 2. The monoisotopic (exact) mass is 367 g/mol. The first-order valence-corrected chi connectivity index (χ1v) is 10.5. The molecule has 0 aromatic heterocycles. The predicted octanol–water partition coefficient (Wildman–Crippen LogP) is 3.64. The topological polar surface area (TPSA) is 64.6 Å². The van der Waals surface area contributed by atoms with Crippen LogP contribution in [-0.2, 0) is 19.1 Å². The number of rotatable bonds is 9. The van der Waals surface area contributed by atoms with E-state index in [1.165, 1.54) is 0 Å². The summed E-state index contributed by atoms with van der Waals surface area (Å²) in [4.78, 5) is 24.2. The number of hydrogen-bond acceptors (Lipinski definition) is 4. The molecule has 0 aromatic carbocycles. The van der Waals surface area contributed by atoms with E-state index in [0.717, 1.165) is 57.8 Å². The Kier molecular flexibility index (Phi) is 9.06. The van der Waals surface area contributed by atoms with E-state index in [1.807, 2.05) is 13.8 Å². The number of Topliss-reactive ketones (excluding diaryl/α,β-unsaturated/α-hetero) is 1. The van der Waals surface area contributed by atoms with E-state index in [-0.39, 0.29) is 23.8 Å². The van der Waals surface area contributed by atoms with Gasteiger partial charge in [0, 0.05) is 38.0 Å². The average molecular weight is 368 g/mol. The minimum Gasteiger partial charge on any atom is -0.381 e. The average Bonchev–Trinajstić information content (AvgIpc) is 2.65. The molecule has 2 fully saturated rings. The third-order valence-electron chi connectivity index (χ3n) is 5.92. The van der Waals surface area contributed by atoms with Crippen LogP contribution in [0.3, 0.4) is 0 Å². The zero-order chi connectivity index (χ0) is 18.9. The summed E-state index contributed by atoms with van der Waals surface area (Å²) < 4.78 is 11.3. The maximum Gasteiger partial charge on any atom is 0.220 e. The number of methoxy groups -OCH3 is 1. The van der Waals surface area contributed by atoms with Gasteiger partial charge in [0.25, 0.3) is 0 Å². The smallest absolute Gasteiger partial charge is 0.220 e. The molecule has 0 atom stereocenters. The summed E-state index contributed by atoms with van der Waals surface area (Å²) in [6.07, 6.45) is 9.96. The molecule has 0 aliphatic heterocycles. The van der Waals surface area contributed by atoms with E-state index < -0.39 is 0 Å². The number of carbonyl (C=O) groups is 2. The van der Waals surface area contributed by atoms with Crippen LogP contribution < -0.4 is 5.32 Å². The van der Waals surface area contributed by atoms with Crippen molar-refractivity contribution in [2.45, 2.75) is 96.3 Å². The fourth-order valence-electron chi connectivity index (χ4n) is 4.21. The molecule has 150 valence electrons. The molecule has 1 N–H and O–H groups in total. The molecule has 2 rings (SSSR count). The summed E-state index contributed by atoms with van der Waals surface area (Å²) in [7, 11) is 1.78. The van der Waals surface area contributed by atoms with Gasteiger partial charge in [-0.3, -0.25) is 9.59 Å². The summed E-state index contributed by atoms with van der Waals surface area (Å²) in [6, 6.07) is 0.240. The minimum absolute atomic E-state index is 0.121. The first-order chi connectivity index (χ1) is 12.5. The van der Waals surface area contributed by atoms with Crippen molar-refractivity contribution in [2.24, 2.45) is 11.8 Å². The van der Waals surface area contributed by atoms with Crippen LogP contribution in [0.1, 0.15) is 78.1 Å². The largest absolute Gasteiger partial charge is 0.381 e. The highest BCUT2D eigenvalue weighted by molar-refractivity contribution is 5.83. The molecule has 26 heavy (non-hydrogen) atoms. The van der Waals surface area contributed by atoms with Crippen LogP contribution in [0.15, 0.2) is 0 Å². The van der Waals surface area contributed by atoms with E-state index in [2.05, 4.69) is 5.32 Å². The summed E-state index contributed by atoms with van der Waals surface area (Å²) in [6.45, 7) is 4.61. The van der Waals surface area contributed by atoms with Crippen LogP contribution >= 0.6 is 0 Å². The lowest BCUT2D eigenvalue weighted by Crippen LogP contribution is -2.39. The van der Waals surface area contributed by atoms with E-state index in [4.69, 9.17) is 9.47 Å². The molecule has 5 heteroatoms. The summed E-state index contributed by atoms with van der Waals surface area (Å²) in [5, 5.41) is 3.14. The highest BCUT2D eigenvalue weighted by Crippen LogP contribution is 2.27. The fourth-order valence-corrected chi connectivity index (χ4v) is 4.21. The zero-order valence-corrected chi connectivity index (χ0v) is 16.8. The standard InChI is InChI=1S/C21H37NO4/c1-15(2)21(24)16-6-8-17(9-7-16)22-20(23)5-4-14-26-19-12-10-18(25-3)11-13-19/h15-19H,4-14H2,1-3H3,(H,22,23). The van der Waals surface area contributed by atoms with Crippen LogP contribution in [0.5, 0.6) is 0 Å². The molecule has 0 unspecified atom stereocenters. The Morgan fingerprint density at radius 3 is 2.15 bits per heavy atom. The van der Waals surface area contributed by atoms with Gasteiger partial charge in [0.05, 0.1) is 12.2 Å². The Hall–Kier alpha value is -0.940. The molecule has 0 bridgehead atoms. The molecule has 0 saturated heterocycles. The van der Waals surface area contributed by atoms with Gasteiger partial charge in [0.1, 0.15) is 5.78 Å². The molecule has 2 aliphatic rings. The van der Waals surface area contributed by atoms with Crippen molar-refractivity contribution < 1.29 is 19.1 Å². The molecule has 0 aromatic rings. The lowest BCUT2D eigenvalue weighted by atomic mass is 9.80. The second-order valence-corrected chi connectivity index (χ2v) is 8.28. The molecule has 0 heterocycles. The van der Waals surface area contributed by atoms with Gasteiger partial charge in [0.15, 0.2) is 0 Å². The predicted molar refractivity (Wildman–Crippen MR) is 102 cm³/mol. The van der Waals surface area contributed by atoms with Crippen molar-refractivity contribution in [1.29, 1.82) is 0 Å². The van der Waals surface area contributed by atoms with Crippen LogP contribution in [0.2, 0.25) is 0 Å².